The number of allylic oxidation sites excluding steroid dienone is 1. The summed E-state index contributed by atoms with van der Waals surface area (Å²) in [5, 5.41) is 10.7. The molecule has 1 aromatic heterocycles. The third kappa shape index (κ3) is 4.41. The van der Waals surface area contributed by atoms with Crippen LogP contribution in [0.4, 0.5) is 0 Å². The van der Waals surface area contributed by atoms with E-state index < -0.39 is 0 Å². The van der Waals surface area contributed by atoms with Crippen LogP contribution in [0.25, 0.3) is 0 Å². The van der Waals surface area contributed by atoms with Crippen LogP contribution in [0, 0.1) is 0 Å². The van der Waals surface area contributed by atoms with Crippen molar-refractivity contribution < 1.29 is 4.79 Å². The SMILES string of the molecule is CC(NC1CCc2ncnn2C1)C(=O)NCCC1=CCCCC1. The zero-order valence-electron chi connectivity index (χ0n) is 13.9. The number of hydrogen-bond donors (Lipinski definition) is 2. The highest BCUT2D eigenvalue weighted by molar-refractivity contribution is 5.81. The van der Waals surface area contributed by atoms with Gasteiger partial charge in [0.2, 0.25) is 5.91 Å². The van der Waals surface area contributed by atoms with Crippen molar-refractivity contribution in [2.45, 2.75) is 70.5 Å². The molecule has 0 saturated heterocycles. The van der Waals surface area contributed by atoms with Gasteiger partial charge in [0.1, 0.15) is 12.2 Å². The minimum absolute atomic E-state index is 0.0887. The Morgan fingerprint density at radius 1 is 1.43 bits per heavy atom. The summed E-state index contributed by atoms with van der Waals surface area (Å²) in [7, 11) is 0. The van der Waals surface area contributed by atoms with E-state index in [-0.39, 0.29) is 18.0 Å². The van der Waals surface area contributed by atoms with Crippen LogP contribution < -0.4 is 10.6 Å². The van der Waals surface area contributed by atoms with E-state index in [4.69, 9.17) is 0 Å². The number of aromatic nitrogens is 3. The predicted molar refractivity (Wildman–Crippen MR) is 88.9 cm³/mol. The largest absolute Gasteiger partial charge is 0.354 e. The van der Waals surface area contributed by atoms with E-state index in [0.717, 1.165) is 38.2 Å². The van der Waals surface area contributed by atoms with Crippen LogP contribution in [0.5, 0.6) is 0 Å². The highest BCUT2D eigenvalue weighted by Gasteiger charge is 2.23. The first-order valence-electron chi connectivity index (χ1n) is 8.80. The molecule has 6 heteroatoms. The van der Waals surface area contributed by atoms with E-state index >= 15 is 0 Å². The molecule has 2 N–H and O–H groups in total. The lowest BCUT2D eigenvalue weighted by atomic mass is 9.97. The van der Waals surface area contributed by atoms with Gasteiger partial charge in [-0.25, -0.2) is 9.67 Å². The van der Waals surface area contributed by atoms with Gasteiger partial charge in [-0.15, -0.1) is 0 Å². The zero-order chi connectivity index (χ0) is 16.1. The van der Waals surface area contributed by atoms with Crippen molar-refractivity contribution in [3.63, 3.8) is 0 Å². The maximum atomic E-state index is 12.2. The Hall–Kier alpha value is -1.69. The van der Waals surface area contributed by atoms with Gasteiger partial charge in [0.05, 0.1) is 12.6 Å². The highest BCUT2D eigenvalue weighted by Crippen LogP contribution is 2.19. The molecule has 2 heterocycles. The van der Waals surface area contributed by atoms with Gasteiger partial charge in [-0.2, -0.15) is 5.10 Å². The van der Waals surface area contributed by atoms with Gasteiger partial charge in [-0.05, 0) is 45.4 Å². The van der Waals surface area contributed by atoms with Gasteiger partial charge in [0.25, 0.3) is 0 Å². The van der Waals surface area contributed by atoms with Crippen molar-refractivity contribution in [3.05, 3.63) is 23.8 Å². The van der Waals surface area contributed by atoms with Crippen LogP contribution >= 0.6 is 0 Å². The third-order valence-electron chi connectivity index (χ3n) is 4.81. The molecular weight excluding hydrogens is 290 g/mol. The van der Waals surface area contributed by atoms with Gasteiger partial charge in [0.15, 0.2) is 0 Å². The standard InChI is InChI=1S/C17H27N5O/c1-13(17(23)18-10-9-14-5-3-2-4-6-14)21-15-7-8-16-19-12-20-22(16)11-15/h5,12-13,15,21H,2-4,6-11H2,1H3,(H,18,23). The second-order valence-electron chi connectivity index (χ2n) is 6.63. The smallest absolute Gasteiger partial charge is 0.236 e. The molecule has 6 nitrogen and oxygen atoms in total. The van der Waals surface area contributed by atoms with Crippen molar-refractivity contribution in [2.75, 3.05) is 6.54 Å². The van der Waals surface area contributed by atoms with Crippen molar-refractivity contribution in [2.24, 2.45) is 0 Å². The van der Waals surface area contributed by atoms with Crippen LogP contribution in [0.2, 0.25) is 0 Å². The molecule has 0 fully saturated rings. The van der Waals surface area contributed by atoms with Crippen molar-refractivity contribution in [3.8, 4) is 0 Å². The molecule has 0 saturated carbocycles. The lowest BCUT2D eigenvalue weighted by Gasteiger charge is -2.26. The first kappa shape index (κ1) is 16.2. The topological polar surface area (TPSA) is 71.8 Å². The summed E-state index contributed by atoms with van der Waals surface area (Å²) < 4.78 is 1.93. The molecule has 2 unspecified atom stereocenters. The average Bonchev–Trinajstić information content (AvgIpc) is 3.03. The number of nitrogens with one attached hydrogen (secondary N) is 2. The predicted octanol–water partition coefficient (Wildman–Crippen LogP) is 1.58. The Morgan fingerprint density at radius 2 is 2.35 bits per heavy atom. The van der Waals surface area contributed by atoms with E-state index in [1.165, 1.54) is 31.3 Å². The minimum Gasteiger partial charge on any atom is -0.354 e. The molecule has 126 valence electrons. The van der Waals surface area contributed by atoms with Crippen molar-refractivity contribution in [1.29, 1.82) is 0 Å². The minimum atomic E-state index is -0.176. The van der Waals surface area contributed by atoms with E-state index in [0.29, 0.717) is 0 Å². The number of hydrogen-bond acceptors (Lipinski definition) is 4. The van der Waals surface area contributed by atoms with Gasteiger partial charge in [0, 0.05) is 19.0 Å². The fraction of sp³-hybridized carbons (Fsp3) is 0.706. The van der Waals surface area contributed by atoms with E-state index in [1.54, 1.807) is 6.33 Å². The average molecular weight is 317 g/mol. The summed E-state index contributed by atoms with van der Waals surface area (Å²) in [5.74, 6) is 1.13. The summed E-state index contributed by atoms with van der Waals surface area (Å²) in [6, 6.07) is 0.108. The van der Waals surface area contributed by atoms with Crippen LogP contribution in [-0.2, 0) is 17.8 Å². The fourth-order valence-corrected chi connectivity index (χ4v) is 3.43. The Kier molecular flexibility index (Phi) is 5.43. The Balaban J connectivity index is 1.39. The van der Waals surface area contributed by atoms with E-state index in [2.05, 4.69) is 26.8 Å². The lowest BCUT2D eigenvalue weighted by Crippen LogP contribution is -2.49. The number of aryl methyl sites for hydroxylation is 1. The van der Waals surface area contributed by atoms with Gasteiger partial charge in [-0.1, -0.05) is 11.6 Å². The Morgan fingerprint density at radius 3 is 3.17 bits per heavy atom. The molecule has 0 radical (unpaired) electrons. The van der Waals surface area contributed by atoms with Gasteiger partial charge < -0.3 is 10.6 Å². The number of fused-ring (bicyclic) bond motifs is 1. The number of nitrogens with zero attached hydrogens (tertiary/aromatic N) is 3. The first-order valence-corrected chi connectivity index (χ1v) is 8.80. The second kappa shape index (κ2) is 7.73. The lowest BCUT2D eigenvalue weighted by molar-refractivity contribution is -0.123. The van der Waals surface area contributed by atoms with Crippen molar-refractivity contribution in [1.82, 2.24) is 25.4 Å². The number of carbonyl (C=O) groups is 1. The molecule has 1 amide bonds. The molecule has 0 aromatic carbocycles. The molecule has 1 aliphatic heterocycles. The monoisotopic (exact) mass is 317 g/mol. The maximum absolute atomic E-state index is 12.2. The molecule has 1 aromatic rings. The van der Waals surface area contributed by atoms with Crippen LogP contribution in [0.3, 0.4) is 0 Å². The molecule has 3 rings (SSSR count). The summed E-state index contributed by atoms with van der Waals surface area (Å²) in [5.41, 5.74) is 1.50. The number of rotatable bonds is 6. The molecular formula is C17H27N5O. The maximum Gasteiger partial charge on any atom is 0.236 e. The highest BCUT2D eigenvalue weighted by atomic mass is 16.2. The summed E-state index contributed by atoms with van der Waals surface area (Å²) in [6.45, 7) is 3.47. The first-order chi connectivity index (χ1) is 11.2. The van der Waals surface area contributed by atoms with Crippen molar-refractivity contribution >= 4 is 5.91 Å². The van der Waals surface area contributed by atoms with E-state index in [1.807, 2.05) is 11.6 Å². The Bertz CT molecular complexity index is 565. The summed E-state index contributed by atoms with van der Waals surface area (Å²) >= 11 is 0. The quantitative estimate of drug-likeness (QED) is 0.781. The van der Waals surface area contributed by atoms with Gasteiger partial charge in [-0.3, -0.25) is 4.79 Å². The number of amides is 1. The van der Waals surface area contributed by atoms with E-state index in [9.17, 15) is 4.79 Å². The number of carbonyl (C=O) groups excluding carboxylic acids is 1. The fourth-order valence-electron chi connectivity index (χ4n) is 3.43. The van der Waals surface area contributed by atoms with Crippen LogP contribution in [0.1, 0.15) is 51.3 Å². The molecule has 1 aliphatic carbocycles. The third-order valence-corrected chi connectivity index (χ3v) is 4.81. The van der Waals surface area contributed by atoms with Gasteiger partial charge >= 0.3 is 0 Å². The summed E-state index contributed by atoms with van der Waals surface area (Å²) in [6.07, 6.45) is 11.9. The molecule has 2 aliphatic rings. The second-order valence-corrected chi connectivity index (χ2v) is 6.63. The Labute approximate surface area is 137 Å². The zero-order valence-corrected chi connectivity index (χ0v) is 13.9. The van der Waals surface area contributed by atoms with Crippen LogP contribution in [-0.4, -0.2) is 39.3 Å². The summed E-state index contributed by atoms with van der Waals surface area (Å²) in [4.78, 5) is 16.5. The molecule has 2 atom stereocenters. The van der Waals surface area contributed by atoms with Crippen LogP contribution in [0.15, 0.2) is 18.0 Å². The molecule has 23 heavy (non-hydrogen) atoms. The molecule has 0 spiro atoms. The normalized spacial score (nSPS) is 22.1. The molecule has 0 bridgehead atoms.